The van der Waals surface area contributed by atoms with E-state index in [9.17, 15) is 4.79 Å². The fourth-order valence-corrected chi connectivity index (χ4v) is 4.19. The first-order valence-corrected chi connectivity index (χ1v) is 10.1. The predicted molar refractivity (Wildman–Crippen MR) is 118 cm³/mol. The van der Waals surface area contributed by atoms with Gasteiger partial charge >= 0.3 is 0 Å². The number of hydrogen-bond acceptors (Lipinski definition) is 4. The van der Waals surface area contributed by atoms with Crippen molar-refractivity contribution < 1.29 is 4.79 Å². The third-order valence-corrected chi connectivity index (χ3v) is 5.95. The van der Waals surface area contributed by atoms with Gasteiger partial charge in [-0.3, -0.25) is 9.69 Å². The predicted octanol–water partition coefficient (Wildman–Crippen LogP) is 5.00. The molecule has 1 heterocycles. The SMILES string of the molecule is Cc1ccccc1CN1C(=O)C(C)S/C1=N/N=C/c1cccc2ccccc12. The quantitative estimate of drug-likeness (QED) is 0.467. The van der Waals surface area contributed by atoms with Crippen molar-refractivity contribution in [3.63, 3.8) is 0 Å². The molecule has 0 radical (unpaired) electrons. The summed E-state index contributed by atoms with van der Waals surface area (Å²) >= 11 is 1.46. The van der Waals surface area contributed by atoms with Gasteiger partial charge in [0.1, 0.15) is 0 Å². The van der Waals surface area contributed by atoms with E-state index < -0.39 is 0 Å². The molecule has 0 aromatic heterocycles. The van der Waals surface area contributed by atoms with Crippen LogP contribution < -0.4 is 0 Å². The molecule has 0 saturated carbocycles. The van der Waals surface area contributed by atoms with Crippen molar-refractivity contribution in [2.45, 2.75) is 25.6 Å². The van der Waals surface area contributed by atoms with E-state index in [1.807, 2.05) is 49.4 Å². The number of fused-ring (bicyclic) bond motifs is 1. The maximum Gasteiger partial charge on any atom is 0.242 e. The number of thioether (sulfide) groups is 1. The molecule has 1 fully saturated rings. The number of benzene rings is 3. The van der Waals surface area contributed by atoms with E-state index in [2.05, 4.69) is 41.4 Å². The molecule has 1 unspecified atom stereocenters. The molecule has 1 saturated heterocycles. The van der Waals surface area contributed by atoms with Crippen LogP contribution in [-0.2, 0) is 11.3 Å². The van der Waals surface area contributed by atoms with Gasteiger partial charge in [0.15, 0.2) is 5.17 Å². The molecule has 28 heavy (non-hydrogen) atoms. The molecule has 5 heteroatoms. The summed E-state index contributed by atoms with van der Waals surface area (Å²) in [4.78, 5) is 14.3. The second-order valence-corrected chi connectivity index (χ2v) is 8.11. The molecule has 0 spiro atoms. The van der Waals surface area contributed by atoms with Gasteiger partial charge in [-0.1, -0.05) is 78.5 Å². The lowest BCUT2D eigenvalue weighted by molar-refractivity contribution is -0.126. The highest BCUT2D eigenvalue weighted by Crippen LogP contribution is 2.29. The van der Waals surface area contributed by atoms with Gasteiger partial charge in [-0.25, -0.2) is 0 Å². The Bertz CT molecular complexity index is 1080. The van der Waals surface area contributed by atoms with Crippen molar-refractivity contribution in [1.82, 2.24) is 4.90 Å². The van der Waals surface area contributed by atoms with E-state index in [0.29, 0.717) is 11.7 Å². The Hall–Kier alpha value is -2.92. The largest absolute Gasteiger partial charge is 0.284 e. The Labute approximate surface area is 169 Å². The normalized spacial score (nSPS) is 18.6. The van der Waals surface area contributed by atoms with E-state index in [-0.39, 0.29) is 11.2 Å². The lowest BCUT2D eigenvalue weighted by atomic mass is 10.1. The highest BCUT2D eigenvalue weighted by atomic mass is 32.2. The molecule has 3 aromatic carbocycles. The minimum atomic E-state index is -0.143. The van der Waals surface area contributed by atoms with E-state index in [4.69, 9.17) is 0 Å². The van der Waals surface area contributed by atoms with Crippen LogP contribution in [0.1, 0.15) is 23.6 Å². The zero-order valence-electron chi connectivity index (χ0n) is 15.9. The zero-order valence-corrected chi connectivity index (χ0v) is 16.7. The Morgan fingerprint density at radius 3 is 2.64 bits per heavy atom. The van der Waals surface area contributed by atoms with Crippen LogP contribution in [-0.4, -0.2) is 27.4 Å². The third kappa shape index (κ3) is 3.71. The zero-order chi connectivity index (χ0) is 19.5. The molecule has 0 N–H and O–H groups in total. The van der Waals surface area contributed by atoms with Crippen LogP contribution >= 0.6 is 11.8 Å². The number of nitrogens with zero attached hydrogens (tertiary/aromatic N) is 3. The van der Waals surface area contributed by atoms with E-state index in [1.54, 1.807) is 11.1 Å². The average molecular weight is 388 g/mol. The fraction of sp³-hybridized carbons (Fsp3) is 0.174. The minimum absolute atomic E-state index is 0.0763. The first-order chi connectivity index (χ1) is 13.6. The van der Waals surface area contributed by atoms with Gasteiger partial charge in [0.05, 0.1) is 18.0 Å². The molecule has 4 nitrogen and oxygen atoms in total. The van der Waals surface area contributed by atoms with Crippen LogP contribution in [0.4, 0.5) is 0 Å². The molecular weight excluding hydrogens is 366 g/mol. The van der Waals surface area contributed by atoms with Crippen LogP contribution in [0, 0.1) is 6.92 Å². The van der Waals surface area contributed by atoms with Gasteiger partial charge in [0, 0.05) is 5.56 Å². The molecule has 0 aliphatic carbocycles. The fourth-order valence-electron chi connectivity index (χ4n) is 3.27. The van der Waals surface area contributed by atoms with Gasteiger partial charge in [-0.2, -0.15) is 5.10 Å². The number of carbonyl (C=O) groups excluding carboxylic acids is 1. The van der Waals surface area contributed by atoms with Crippen molar-refractivity contribution in [3.05, 3.63) is 83.4 Å². The number of hydrogen-bond donors (Lipinski definition) is 0. The third-order valence-electron chi connectivity index (χ3n) is 4.88. The number of amides is 1. The monoisotopic (exact) mass is 387 g/mol. The van der Waals surface area contributed by atoms with Crippen molar-refractivity contribution in [2.24, 2.45) is 10.2 Å². The second-order valence-electron chi connectivity index (χ2n) is 6.81. The number of aryl methyl sites for hydroxylation is 1. The molecule has 1 aliphatic heterocycles. The summed E-state index contributed by atoms with van der Waals surface area (Å²) < 4.78 is 0. The molecular formula is C23H21N3OS. The number of carbonyl (C=O) groups is 1. The van der Waals surface area contributed by atoms with Crippen LogP contribution in [0.15, 0.2) is 76.9 Å². The Morgan fingerprint density at radius 1 is 1.04 bits per heavy atom. The first kappa shape index (κ1) is 18.4. The molecule has 1 amide bonds. The van der Waals surface area contributed by atoms with Gasteiger partial charge < -0.3 is 0 Å². The van der Waals surface area contributed by atoms with Gasteiger partial charge in [-0.05, 0) is 35.7 Å². The Kier molecular flexibility index (Phi) is 5.26. The highest BCUT2D eigenvalue weighted by Gasteiger charge is 2.35. The van der Waals surface area contributed by atoms with Crippen molar-refractivity contribution >= 4 is 39.8 Å². The maximum absolute atomic E-state index is 12.6. The molecule has 0 bridgehead atoms. The van der Waals surface area contributed by atoms with Crippen LogP contribution in [0.25, 0.3) is 10.8 Å². The summed E-state index contributed by atoms with van der Waals surface area (Å²) in [6.07, 6.45) is 1.76. The maximum atomic E-state index is 12.6. The summed E-state index contributed by atoms with van der Waals surface area (Å²) in [5.41, 5.74) is 3.30. The molecule has 140 valence electrons. The summed E-state index contributed by atoms with van der Waals surface area (Å²) in [5, 5.41) is 11.5. The smallest absolute Gasteiger partial charge is 0.242 e. The van der Waals surface area contributed by atoms with E-state index in [0.717, 1.165) is 16.5 Å². The van der Waals surface area contributed by atoms with Crippen molar-refractivity contribution in [2.75, 3.05) is 0 Å². The highest BCUT2D eigenvalue weighted by molar-refractivity contribution is 8.15. The summed E-state index contributed by atoms with van der Waals surface area (Å²) in [7, 11) is 0. The molecule has 4 rings (SSSR count). The van der Waals surface area contributed by atoms with Crippen LogP contribution in [0.3, 0.4) is 0 Å². The van der Waals surface area contributed by atoms with Gasteiger partial charge in [0.2, 0.25) is 5.91 Å². The number of amidine groups is 1. The van der Waals surface area contributed by atoms with Crippen LogP contribution in [0.5, 0.6) is 0 Å². The van der Waals surface area contributed by atoms with E-state index >= 15 is 0 Å². The molecule has 3 aromatic rings. The summed E-state index contributed by atoms with van der Waals surface area (Å²) in [6, 6.07) is 22.4. The minimum Gasteiger partial charge on any atom is -0.284 e. The molecule has 1 atom stereocenters. The first-order valence-electron chi connectivity index (χ1n) is 9.25. The Morgan fingerprint density at radius 2 is 1.79 bits per heavy atom. The van der Waals surface area contributed by atoms with Crippen LogP contribution in [0.2, 0.25) is 0 Å². The lowest BCUT2D eigenvalue weighted by Crippen LogP contribution is -2.31. The molecule has 1 aliphatic rings. The average Bonchev–Trinajstić information content (AvgIpc) is 2.97. The lowest BCUT2D eigenvalue weighted by Gasteiger charge is -2.16. The summed E-state index contributed by atoms with van der Waals surface area (Å²) in [6.45, 7) is 4.49. The van der Waals surface area contributed by atoms with Gasteiger partial charge in [-0.15, -0.1) is 5.10 Å². The Balaban J connectivity index is 1.61. The summed E-state index contributed by atoms with van der Waals surface area (Å²) in [5.74, 6) is 0.0763. The number of rotatable bonds is 4. The topological polar surface area (TPSA) is 45.0 Å². The van der Waals surface area contributed by atoms with E-state index in [1.165, 1.54) is 22.7 Å². The van der Waals surface area contributed by atoms with Crippen molar-refractivity contribution in [1.29, 1.82) is 0 Å². The standard InChI is InChI=1S/C23H21N3OS/c1-16-8-3-4-10-20(16)15-26-22(27)17(2)28-23(26)25-24-14-19-12-7-11-18-9-5-6-13-21(18)19/h3-14,17H,15H2,1-2H3/b24-14+,25-23+. The van der Waals surface area contributed by atoms with Gasteiger partial charge in [0.25, 0.3) is 0 Å². The van der Waals surface area contributed by atoms with Crippen molar-refractivity contribution in [3.8, 4) is 0 Å². The second kappa shape index (κ2) is 7.98.